The normalized spacial score (nSPS) is 13.7. The highest BCUT2D eigenvalue weighted by molar-refractivity contribution is 7.07. The van der Waals surface area contributed by atoms with E-state index in [1.807, 2.05) is 16.8 Å². The van der Waals surface area contributed by atoms with Crippen molar-refractivity contribution in [3.63, 3.8) is 0 Å². The highest BCUT2D eigenvalue weighted by atomic mass is 32.1. The molecule has 0 aliphatic rings. The second-order valence-corrected chi connectivity index (χ2v) is 5.70. The predicted molar refractivity (Wildman–Crippen MR) is 81.8 cm³/mol. The SMILES string of the molecule is COC(=O)C(CN)(CCc1ccsc1)c1ccc(F)cc1. The molecule has 1 aromatic heterocycles. The summed E-state index contributed by atoms with van der Waals surface area (Å²) in [6.07, 6.45) is 1.24. The van der Waals surface area contributed by atoms with Crippen LogP contribution in [0.5, 0.6) is 0 Å². The lowest BCUT2D eigenvalue weighted by atomic mass is 9.76. The van der Waals surface area contributed by atoms with Gasteiger partial charge in [-0.2, -0.15) is 11.3 Å². The summed E-state index contributed by atoms with van der Waals surface area (Å²) in [5, 5.41) is 4.04. The fraction of sp³-hybridized carbons (Fsp3) is 0.312. The predicted octanol–water partition coefficient (Wildman–Crippen LogP) is 2.89. The lowest BCUT2D eigenvalue weighted by Gasteiger charge is -2.30. The van der Waals surface area contributed by atoms with E-state index in [2.05, 4.69) is 0 Å². The zero-order chi connectivity index (χ0) is 15.3. The zero-order valence-corrected chi connectivity index (χ0v) is 12.7. The van der Waals surface area contributed by atoms with E-state index in [9.17, 15) is 9.18 Å². The zero-order valence-electron chi connectivity index (χ0n) is 11.8. The number of hydrogen-bond acceptors (Lipinski definition) is 4. The number of methoxy groups -OCH3 is 1. The molecule has 3 nitrogen and oxygen atoms in total. The van der Waals surface area contributed by atoms with Gasteiger partial charge < -0.3 is 10.5 Å². The first-order valence-electron chi connectivity index (χ1n) is 6.68. The average Bonchev–Trinajstić information content (AvgIpc) is 3.02. The van der Waals surface area contributed by atoms with Crippen LogP contribution in [0.1, 0.15) is 17.5 Å². The summed E-state index contributed by atoms with van der Waals surface area (Å²) in [4.78, 5) is 12.3. The maximum absolute atomic E-state index is 13.1. The van der Waals surface area contributed by atoms with Crippen molar-refractivity contribution in [3.8, 4) is 0 Å². The average molecular weight is 307 g/mol. The number of thiophene rings is 1. The molecule has 112 valence electrons. The van der Waals surface area contributed by atoms with Crippen LogP contribution in [0.4, 0.5) is 4.39 Å². The van der Waals surface area contributed by atoms with Crippen LogP contribution in [0.2, 0.25) is 0 Å². The van der Waals surface area contributed by atoms with Gasteiger partial charge >= 0.3 is 5.97 Å². The number of carbonyl (C=O) groups excluding carboxylic acids is 1. The van der Waals surface area contributed by atoms with E-state index in [4.69, 9.17) is 10.5 Å². The van der Waals surface area contributed by atoms with Gasteiger partial charge in [0.2, 0.25) is 0 Å². The third kappa shape index (κ3) is 3.31. The van der Waals surface area contributed by atoms with E-state index in [-0.39, 0.29) is 18.3 Å². The molecule has 1 heterocycles. The fourth-order valence-corrected chi connectivity index (χ4v) is 3.13. The molecule has 0 aliphatic heterocycles. The Kier molecular flexibility index (Phi) is 5.09. The Labute approximate surface area is 127 Å². The smallest absolute Gasteiger partial charge is 0.317 e. The van der Waals surface area contributed by atoms with Gasteiger partial charge in [-0.1, -0.05) is 12.1 Å². The number of rotatable bonds is 6. The minimum absolute atomic E-state index is 0.120. The quantitative estimate of drug-likeness (QED) is 0.835. The summed E-state index contributed by atoms with van der Waals surface area (Å²) in [5.74, 6) is -0.723. The second-order valence-electron chi connectivity index (χ2n) is 4.92. The molecule has 0 fully saturated rings. The molecule has 0 saturated carbocycles. The van der Waals surface area contributed by atoms with Gasteiger partial charge in [-0.25, -0.2) is 4.39 Å². The number of ether oxygens (including phenoxy) is 1. The number of hydrogen-bond donors (Lipinski definition) is 1. The molecule has 21 heavy (non-hydrogen) atoms. The maximum Gasteiger partial charge on any atom is 0.317 e. The Balaban J connectivity index is 2.32. The van der Waals surface area contributed by atoms with E-state index in [0.717, 1.165) is 5.56 Å². The van der Waals surface area contributed by atoms with Gasteiger partial charge in [0.15, 0.2) is 0 Å². The van der Waals surface area contributed by atoms with Crippen molar-refractivity contribution >= 4 is 17.3 Å². The molecule has 5 heteroatoms. The van der Waals surface area contributed by atoms with Crippen molar-refractivity contribution in [2.45, 2.75) is 18.3 Å². The number of nitrogens with two attached hydrogens (primary N) is 1. The molecule has 0 spiro atoms. The lowest BCUT2D eigenvalue weighted by molar-refractivity contribution is -0.147. The topological polar surface area (TPSA) is 52.3 Å². The fourth-order valence-electron chi connectivity index (χ4n) is 2.42. The third-order valence-corrected chi connectivity index (χ3v) is 4.47. The first-order valence-corrected chi connectivity index (χ1v) is 7.62. The second kappa shape index (κ2) is 6.83. The van der Waals surface area contributed by atoms with Crippen molar-refractivity contribution in [1.82, 2.24) is 0 Å². The van der Waals surface area contributed by atoms with Crippen molar-refractivity contribution < 1.29 is 13.9 Å². The summed E-state index contributed by atoms with van der Waals surface area (Å²) in [6, 6.07) is 7.91. The van der Waals surface area contributed by atoms with Gasteiger partial charge in [0.1, 0.15) is 11.2 Å². The highest BCUT2D eigenvalue weighted by Gasteiger charge is 2.39. The van der Waals surface area contributed by atoms with Crippen molar-refractivity contribution in [3.05, 3.63) is 58.0 Å². The van der Waals surface area contributed by atoms with Crippen LogP contribution in [-0.2, 0) is 21.4 Å². The minimum Gasteiger partial charge on any atom is -0.468 e. The van der Waals surface area contributed by atoms with Crippen LogP contribution in [0.25, 0.3) is 0 Å². The summed E-state index contributed by atoms with van der Waals surface area (Å²) in [6.45, 7) is 0.120. The summed E-state index contributed by atoms with van der Waals surface area (Å²) in [5.41, 5.74) is 6.81. The van der Waals surface area contributed by atoms with Gasteiger partial charge in [-0.15, -0.1) is 0 Å². The summed E-state index contributed by atoms with van der Waals surface area (Å²) < 4.78 is 18.1. The summed E-state index contributed by atoms with van der Waals surface area (Å²) >= 11 is 1.61. The lowest BCUT2D eigenvalue weighted by Crippen LogP contribution is -2.44. The molecular formula is C16H18FNO2S. The minimum atomic E-state index is -0.940. The molecule has 0 radical (unpaired) electrons. The van der Waals surface area contributed by atoms with Gasteiger partial charge in [0.05, 0.1) is 7.11 Å². The van der Waals surface area contributed by atoms with Crippen molar-refractivity contribution in [2.75, 3.05) is 13.7 Å². The third-order valence-electron chi connectivity index (χ3n) is 3.74. The van der Waals surface area contributed by atoms with E-state index in [1.54, 1.807) is 23.5 Å². The van der Waals surface area contributed by atoms with Gasteiger partial charge in [0, 0.05) is 6.54 Å². The van der Waals surface area contributed by atoms with Gasteiger partial charge in [0.25, 0.3) is 0 Å². The number of esters is 1. The van der Waals surface area contributed by atoms with Crippen LogP contribution in [0.3, 0.4) is 0 Å². The van der Waals surface area contributed by atoms with Crippen LogP contribution < -0.4 is 5.73 Å². The summed E-state index contributed by atoms with van der Waals surface area (Å²) in [7, 11) is 1.35. The van der Waals surface area contributed by atoms with E-state index in [0.29, 0.717) is 18.4 Å². The first kappa shape index (κ1) is 15.7. The van der Waals surface area contributed by atoms with Crippen LogP contribution in [0.15, 0.2) is 41.1 Å². The number of carbonyl (C=O) groups is 1. The molecule has 0 saturated heterocycles. The molecule has 1 aromatic carbocycles. The molecular weight excluding hydrogens is 289 g/mol. The number of halogens is 1. The Morgan fingerprint density at radius 3 is 2.57 bits per heavy atom. The van der Waals surface area contributed by atoms with Gasteiger partial charge in [-0.05, 0) is 52.9 Å². The molecule has 0 amide bonds. The van der Waals surface area contributed by atoms with Crippen LogP contribution in [-0.4, -0.2) is 19.6 Å². The Hall–Kier alpha value is -1.72. The molecule has 2 N–H and O–H groups in total. The van der Waals surface area contributed by atoms with Crippen LogP contribution in [0, 0.1) is 5.82 Å². The first-order chi connectivity index (χ1) is 10.1. The highest BCUT2D eigenvalue weighted by Crippen LogP contribution is 2.31. The van der Waals surface area contributed by atoms with E-state index < -0.39 is 5.41 Å². The van der Waals surface area contributed by atoms with Crippen molar-refractivity contribution in [2.24, 2.45) is 5.73 Å². The molecule has 2 aromatic rings. The van der Waals surface area contributed by atoms with Crippen molar-refractivity contribution in [1.29, 1.82) is 0 Å². The van der Waals surface area contributed by atoms with Gasteiger partial charge in [-0.3, -0.25) is 4.79 Å². The maximum atomic E-state index is 13.1. The number of aryl methyl sites for hydroxylation is 1. The van der Waals surface area contributed by atoms with E-state index >= 15 is 0 Å². The number of benzene rings is 1. The Bertz CT molecular complexity index is 583. The molecule has 0 aliphatic carbocycles. The Morgan fingerprint density at radius 2 is 2.05 bits per heavy atom. The molecule has 1 unspecified atom stereocenters. The Morgan fingerprint density at radius 1 is 1.33 bits per heavy atom. The molecule has 0 bridgehead atoms. The largest absolute Gasteiger partial charge is 0.468 e. The van der Waals surface area contributed by atoms with E-state index in [1.165, 1.54) is 19.2 Å². The molecule has 2 rings (SSSR count). The van der Waals surface area contributed by atoms with Crippen LogP contribution >= 0.6 is 11.3 Å². The monoisotopic (exact) mass is 307 g/mol. The standard InChI is InChI=1S/C16H18FNO2S/c1-20-15(19)16(11-18,8-6-12-7-9-21-10-12)13-2-4-14(17)5-3-13/h2-5,7,9-10H,6,8,11,18H2,1H3. The molecule has 1 atom stereocenters.